The smallest absolute Gasteiger partial charge is 0.340 e. The van der Waals surface area contributed by atoms with E-state index in [0.717, 1.165) is 18.3 Å². The molecule has 246 valence electrons. The first-order valence-electron chi connectivity index (χ1n) is 14.2. The van der Waals surface area contributed by atoms with Crippen molar-refractivity contribution in [3.63, 3.8) is 0 Å². The van der Waals surface area contributed by atoms with Gasteiger partial charge in [0.1, 0.15) is 34.1 Å². The molecule has 3 atom stereocenters. The summed E-state index contributed by atoms with van der Waals surface area (Å²) in [6.45, 7) is 8.83. The lowest BCUT2D eigenvalue weighted by Crippen LogP contribution is -2.56. The number of carbonyl (C=O) groups excluding carboxylic acids is 2. The van der Waals surface area contributed by atoms with Crippen molar-refractivity contribution in [3.05, 3.63) is 53.4 Å². The number of ether oxygens (including phenoxy) is 2. The second-order valence-corrected chi connectivity index (χ2v) is 15.6. The van der Waals surface area contributed by atoms with Crippen LogP contribution >= 0.6 is 0 Å². The Morgan fingerprint density at radius 2 is 1.78 bits per heavy atom. The number of ketones is 1. The number of hydrogen-bond acceptors (Lipinski definition) is 9. The van der Waals surface area contributed by atoms with E-state index in [1.165, 1.54) is 12.1 Å². The monoisotopic (exact) mass is 658 g/mol. The molecular weight excluding hydrogens is 623 g/mol. The number of hydrogen-bond donors (Lipinski definition) is 0. The minimum Gasteiger partial charge on any atom is -0.485 e. The predicted octanol–water partition coefficient (Wildman–Crippen LogP) is 5.74. The molecule has 9 nitrogen and oxygen atoms in total. The fourth-order valence-corrected chi connectivity index (χ4v) is 8.61. The summed E-state index contributed by atoms with van der Waals surface area (Å²) < 4.78 is 94.6. The van der Waals surface area contributed by atoms with Crippen LogP contribution in [0.3, 0.4) is 0 Å². The van der Waals surface area contributed by atoms with E-state index >= 15 is 4.39 Å². The highest BCUT2D eigenvalue weighted by atomic mass is 32.2. The van der Waals surface area contributed by atoms with Crippen LogP contribution in [0, 0.1) is 5.82 Å². The highest BCUT2D eigenvalue weighted by molar-refractivity contribution is 7.96. The molecule has 0 fully saturated rings. The normalized spacial score (nSPS) is 24.4. The summed E-state index contributed by atoms with van der Waals surface area (Å²) in [7, 11) is -3.08. The topological polar surface area (TPSA) is 120 Å². The molecule has 0 saturated carbocycles. The van der Waals surface area contributed by atoms with Gasteiger partial charge in [0, 0.05) is 18.0 Å². The van der Waals surface area contributed by atoms with Gasteiger partial charge in [0.25, 0.3) is 0 Å². The molecule has 0 unspecified atom stereocenters. The maximum Gasteiger partial charge on any atom is 0.340 e. The quantitative estimate of drug-likeness (QED) is 0.181. The van der Waals surface area contributed by atoms with Crippen molar-refractivity contribution in [3.8, 4) is 5.75 Å². The fourth-order valence-electron chi connectivity index (χ4n) is 5.36. The molecule has 0 N–H and O–H groups in total. The summed E-state index contributed by atoms with van der Waals surface area (Å²) in [5, 5.41) is -0.734. The largest absolute Gasteiger partial charge is 0.485 e. The molecule has 2 aromatic heterocycles. The van der Waals surface area contributed by atoms with Crippen LogP contribution in [0.25, 0.3) is 0 Å². The Labute approximate surface area is 258 Å². The maximum absolute atomic E-state index is 15.5. The zero-order chi connectivity index (χ0) is 33.6. The molecule has 2 aliphatic rings. The molecule has 0 radical (unpaired) electrons. The van der Waals surface area contributed by atoms with Crippen LogP contribution in [-0.4, -0.2) is 72.7 Å². The van der Waals surface area contributed by atoms with Gasteiger partial charge in [0.2, 0.25) is 0 Å². The van der Waals surface area contributed by atoms with E-state index in [0.29, 0.717) is 6.42 Å². The van der Waals surface area contributed by atoms with Gasteiger partial charge >= 0.3 is 18.3 Å². The van der Waals surface area contributed by atoms with Gasteiger partial charge in [-0.05, 0) is 72.2 Å². The van der Waals surface area contributed by atoms with E-state index in [1.807, 2.05) is 0 Å². The Morgan fingerprint density at radius 1 is 1.09 bits per heavy atom. The molecule has 2 aliphatic heterocycles. The number of pyridine rings is 2. The van der Waals surface area contributed by atoms with Crippen molar-refractivity contribution in [1.82, 2.24) is 9.97 Å². The molecule has 0 bridgehead atoms. The van der Waals surface area contributed by atoms with Crippen molar-refractivity contribution >= 4 is 27.2 Å². The Balaban J connectivity index is 1.63. The number of aliphatic imine (C=N–C) groups is 1. The van der Waals surface area contributed by atoms with Crippen LogP contribution in [0.15, 0.2) is 39.8 Å². The number of esters is 1. The SMILES string of the molecule is CC(C)(C)OC(=O)CC1=N[C@](C)(c2nc(CC(=O)c3ccc(OCC(F)(F)C(F)F)cn3)ccc2F)[C@H]2CCN=[S@@]2(=O)C1(C)C. The van der Waals surface area contributed by atoms with Crippen LogP contribution < -0.4 is 4.74 Å². The molecule has 0 saturated heterocycles. The van der Waals surface area contributed by atoms with Gasteiger partial charge in [-0.15, -0.1) is 0 Å². The van der Waals surface area contributed by atoms with Crippen LogP contribution in [-0.2, 0) is 31.2 Å². The standard InChI is InChI=1S/C30H35F5N4O5S/c1-27(2,3)44-24(41)14-22-28(4,5)45(42)23(11-12-37-45)29(6,39-22)25-19(31)9-7-17(38-25)13-21(40)20-10-8-18(15-36-20)43-16-30(34,35)26(32)33/h7-10,15,23,26H,11-14,16H2,1-6H3/t23-,29+,45+/m1/s1. The van der Waals surface area contributed by atoms with E-state index < -0.39 is 67.4 Å². The van der Waals surface area contributed by atoms with Crippen LogP contribution in [0.2, 0.25) is 0 Å². The van der Waals surface area contributed by atoms with Gasteiger partial charge in [0.15, 0.2) is 12.4 Å². The third-order valence-electron chi connectivity index (χ3n) is 7.71. The lowest BCUT2D eigenvalue weighted by Gasteiger charge is -2.45. The second kappa shape index (κ2) is 12.0. The number of halogens is 5. The summed E-state index contributed by atoms with van der Waals surface area (Å²) in [4.78, 5) is 39.0. The van der Waals surface area contributed by atoms with Gasteiger partial charge < -0.3 is 9.47 Å². The summed E-state index contributed by atoms with van der Waals surface area (Å²) in [6.07, 6.45) is -3.24. The minimum atomic E-state index is -4.36. The first-order valence-corrected chi connectivity index (χ1v) is 15.7. The van der Waals surface area contributed by atoms with Gasteiger partial charge in [0.05, 0.1) is 38.8 Å². The predicted molar refractivity (Wildman–Crippen MR) is 156 cm³/mol. The van der Waals surface area contributed by atoms with Crippen LogP contribution in [0.5, 0.6) is 5.75 Å². The van der Waals surface area contributed by atoms with Crippen LogP contribution in [0.1, 0.15) is 76.3 Å². The fraction of sp³-hybridized carbons (Fsp3) is 0.567. The van der Waals surface area contributed by atoms with Gasteiger partial charge in [-0.2, -0.15) is 8.78 Å². The highest BCUT2D eigenvalue weighted by Gasteiger charge is 2.58. The van der Waals surface area contributed by atoms with Crippen molar-refractivity contribution in [2.75, 3.05) is 13.2 Å². The van der Waals surface area contributed by atoms with Crippen LogP contribution in [0.4, 0.5) is 22.0 Å². The Bertz CT molecular complexity index is 1630. The van der Waals surface area contributed by atoms with Crippen molar-refractivity contribution < 1.29 is 45.2 Å². The highest BCUT2D eigenvalue weighted by Crippen LogP contribution is 2.48. The first-order chi connectivity index (χ1) is 20.7. The summed E-state index contributed by atoms with van der Waals surface area (Å²) >= 11 is 0. The van der Waals surface area contributed by atoms with E-state index in [-0.39, 0.29) is 47.9 Å². The molecule has 15 heteroatoms. The van der Waals surface area contributed by atoms with E-state index in [4.69, 9.17) is 9.73 Å². The number of carbonyl (C=O) groups is 2. The zero-order valence-electron chi connectivity index (χ0n) is 25.7. The summed E-state index contributed by atoms with van der Waals surface area (Å²) in [5.41, 5.74) is -2.14. The Kier molecular flexibility index (Phi) is 9.19. The van der Waals surface area contributed by atoms with Crippen molar-refractivity contribution in [2.24, 2.45) is 9.36 Å². The number of aromatic nitrogens is 2. The number of alkyl halides is 4. The lowest BCUT2D eigenvalue weighted by molar-refractivity contribution is -0.153. The lowest BCUT2D eigenvalue weighted by atomic mass is 9.88. The van der Waals surface area contributed by atoms with E-state index in [2.05, 4.69) is 19.1 Å². The van der Waals surface area contributed by atoms with Gasteiger partial charge in [-0.3, -0.25) is 19.6 Å². The van der Waals surface area contributed by atoms with Crippen molar-refractivity contribution in [1.29, 1.82) is 0 Å². The Morgan fingerprint density at radius 3 is 2.38 bits per heavy atom. The molecule has 0 aliphatic carbocycles. The molecule has 0 aromatic carbocycles. The first kappa shape index (κ1) is 34.4. The summed E-state index contributed by atoms with van der Waals surface area (Å²) in [6, 6.07) is 4.74. The van der Waals surface area contributed by atoms with E-state index in [9.17, 15) is 31.4 Å². The molecule has 45 heavy (non-hydrogen) atoms. The number of rotatable bonds is 10. The molecule has 4 heterocycles. The Hall–Kier alpha value is -3.49. The molecule has 2 aromatic rings. The van der Waals surface area contributed by atoms with Crippen molar-refractivity contribution in [2.45, 2.75) is 94.3 Å². The second-order valence-electron chi connectivity index (χ2n) is 12.6. The molecule has 0 spiro atoms. The summed E-state index contributed by atoms with van der Waals surface area (Å²) in [5.74, 6) is -6.50. The average molecular weight is 659 g/mol. The molecule has 4 rings (SSSR count). The number of nitrogens with zero attached hydrogens (tertiary/aromatic N) is 4. The third kappa shape index (κ3) is 6.87. The molecule has 0 amide bonds. The third-order valence-corrected chi connectivity index (χ3v) is 11.4. The molecular formula is C30H35F5N4O5S. The zero-order valence-corrected chi connectivity index (χ0v) is 26.5. The number of Topliss-reactive ketones (excluding diaryl/α,β-unsaturated/α-hetero) is 1. The maximum atomic E-state index is 15.5. The van der Waals surface area contributed by atoms with Gasteiger partial charge in [-0.1, -0.05) is 0 Å². The number of fused-ring (bicyclic) bond motifs is 1. The average Bonchev–Trinajstić information content (AvgIpc) is 3.35. The van der Waals surface area contributed by atoms with Gasteiger partial charge in [-0.25, -0.2) is 26.7 Å². The minimum absolute atomic E-state index is 0.100. The van der Waals surface area contributed by atoms with E-state index in [1.54, 1.807) is 41.5 Å².